The van der Waals surface area contributed by atoms with E-state index in [0.29, 0.717) is 6.04 Å². The standard InChI is InChI=1S/C17H29N3/c1-4-15(18)11-14-10-13(3)17(19-12-14)20-9-7-6-8-16(20)5-2/h10,12,15-16H,4-9,11,18H2,1-3H3. The first kappa shape index (κ1) is 15.3. The third kappa shape index (κ3) is 3.51. The van der Waals surface area contributed by atoms with Crippen LogP contribution in [-0.2, 0) is 6.42 Å². The Morgan fingerprint density at radius 2 is 2.20 bits per heavy atom. The fourth-order valence-corrected chi connectivity index (χ4v) is 3.19. The smallest absolute Gasteiger partial charge is 0.131 e. The van der Waals surface area contributed by atoms with Gasteiger partial charge in [0.2, 0.25) is 0 Å². The van der Waals surface area contributed by atoms with Crippen molar-refractivity contribution < 1.29 is 0 Å². The molecular formula is C17H29N3. The van der Waals surface area contributed by atoms with Gasteiger partial charge in [-0.3, -0.25) is 0 Å². The molecule has 1 fully saturated rings. The number of anilines is 1. The molecule has 2 heterocycles. The molecule has 3 nitrogen and oxygen atoms in total. The molecule has 0 aromatic carbocycles. The van der Waals surface area contributed by atoms with Gasteiger partial charge in [-0.1, -0.05) is 19.9 Å². The van der Waals surface area contributed by atoms with Crippen molar-refractivity contribution in [2.75, 3.05) is 11.4 Å². The zero-order valence-electron chi connectivity index (χ0n) is 13.2. The second-order valence-corrected chi connectivity index (χ2v) is 6.11. The van der Waals surface area contributed by atoms with Crippen LogP contribution in [0.5, 0.6) is 0 Å². The van der Waals surface area contributed by atoms with Crippen LogP contribution in [0.25, 0.3) is 0 Å². The highest BCUT2D eigenvalue weighted by Crippen LogP contribution is 2.27. The van der Waals surface area contributed by atoms with Crippen molar-refractivity contribution >= 4 is 5.82 Å². The van der Waals surface area contributed by atoms with Gasteiger partial charge in [-0.15, -0.1) is 0 Å². The van der Waals surface area contributed by atoms with Crippen molar-refractivity contribution in [2.24, 2.45) is 5.73 Å². The highest BCUT2D eigenvalue weighted by Gasteiger charge is 2.23. The van der Waals surface area contributed by atoms with Crippen molar-refractivity contribution in [3.05, 3.63) is 23.4 Å². The average Bonchev–Trinajstić information content (AvgIpc) is 2.47. The number of aryl methyl sites for hydroxylation is 1. The second-order valence-electron chi connectivity index (χ2n) is 6.11. The van der Waals surface area contributed by atoms with E-state index < -0.39 is 0 Å². The first-order valence-electron chi connectivity index (χ1n) is 8.13. The maximum Gasteiger partial charge on any atom is 0.131 e. The van der Waals surface area contributed by atoms with Crippen LogP contribution in [0.2, 0.25) is 0 Å². The predicted octanol–water partition coefficient (Wildman–Crippen LogP) is 3.44. The molecule has 0 bridgehead atoms. The third-order valence-electron chi connectivity index (χ3n) is 4.50. The lowest BCUT2D eigenvalue weighted by atomic mass is 9.99. The molecule has 1 aromatic heterocycles. The number of rotatable bonds is 5. The number of hydrogen-bond acceptors (Lipinski definition) is 3. The van der Waals surface area contributed by atoms with Crippen molar-refractivity contribution in [3.8, 4) is 0 Å². The minimum absolute atomic E-state index is 0.250. The highest BCUT2D eigenvalue weighted by atomic mass is 15.2. The number of pyridine rings is 1. The van der Waals surface area contributed by atoms with E-state index in [2.05, 4.69) is 31.7 Å². The van der Waals surface area contributed by atoms with E-state index in [1.807, 2.05) is 6.20 Å². The molecule has 1 aliphatic rings. The summed E-state index contributed by atoms with van der Waals surface area (Å²) in [5, 5.41) is 0. The van der Waals surface area contributed by atoms with Crippen molar-refractivity contribution in [2.45, 2.75) is 71.4 Å². The molecule has 2 rings (SSSR count). The number of nitrogens with zero attached hydrogens (tertiary/aromatic N) is 2. The lowest BCUT2D eigenvalue weighted by molar-refractivity contribution is 0.446. The largest absolute Gasteiger partial charge is 0.353 e. The zero-order chi connectivity index (χ0) is 14.5. The summed E-state index contributed by atoms with van der Waals surface area (Å²) in [6.45, 7) is 7.76. The molecule has 3 heteroatoms. The fraction of sp³-hybridized carbons (Fsp3) is 0.706. The minimum atomic E-state index is 0.250. The Balaban J connectivity index is 2.16. The number of hydrogen-bond donors (Lipinski definition) is 1. The number of aromatic nitrogens is 1. The van der Waals surface area contributed by atoms with Gasteiger partial charge in [0.15, 0.2) is 0 Å². The Bertz CT molecular complexity index is 430. The fourth-order valence-electron chi connectivity index (χ4n) is 3.19. The van der Waals surface area contributed by atoms with Crippen LogP contribution in [-0.4, -0.2) is 23.6 Å². The summed E-state index contributed by atoms with van der Waals surface area (Å²) in [5.41, 5.74) is 8.61. The molecule has 112 valence electrons. The second kappa shape index (κ2) is 7.07. The van der Waals surface area contributed by atoms with E-state index in [4.69, 9.17) is 10.7 Å². The molecule has 0 radical (unpaired) electrons. The molecular weight excluding hydrogens is 246 g/mol. The van der Waals surface area contributed by atoms with Gasteiger partial charge >= 0.3 is 0 Å². The van der Waals surface area contributed by atoms with Gasteiger partial charge in [-0.25, -0.2) is 4.98 Å². The van der Waals surface area contributed by atoms with Crippen LogP contribution >= 0.6 is 0 Å². The summed E-state index contributed by atoms with van der Waals surface area (Å²) in [4.78, 5) is 7.27. The molecule has 20 heavy (non-hydrogen) atoms. The van der Waals surface area contributed by atoms with E-state index >= 15 is 0 Å². The van der Waals surface area contributed by atoms with Gasteiger partial charge in [0.1, 0.15) is 5.82 Å². The van der Waals surface area contributed by atoms with E-state index in [9.17, 15) is 0 Å². The lowest BCUT2D eigenvalue weighted by Gasteiger charge is -2.37. The number of piperidine rings is 1. The Labute approximate surface area is 123 Å². The molecule has 0 saturated carbocycles. The van der Waals surface area contributed by atoms with Gasteiger partial charge in [0.25, 0.3) is 0 Å². The van der Waals surface area contributed by atoms with E-state index in [-0.39, 0.29) is 6.04 Å². The SMILES string of the molecule is CCC(N)Cc1cnc(N2CCCCC2CC)c(C)c1. The van der Waals surface area contributed by atoms with Gasteiger partial charge in [0, 0.05) is 24.8 Å². The first-order chi connectivity index (χ1) is 9.65. The summed E-state index contributed by atoms with van der Waals surface area (Å²) in [7, 11) is 0. The minimum Gasteiger partial charge on any atom is -0.353 e. The maximum atomic E-state index is 6.04. The Kier molecular flexibility index (Phi) is 5.41. The van der Waals surface area contributed by atoms with Crippen LogP contribution < -0.4 is 10.6 Å². The molecule has 2 N–H and O–H groups in total. The van der Waals surface area contributed by atoms with Gasteiger partial charge in [-0.05, 0) is 56.6 Å². The molecule has 2 unspecified atom stereocenters. The molecule has 1 saturated heterocycles. The van der Waals surface area contributed by atoms with Crippen LogP contribution in [0.1, 0.15) is 57.1 Å². The van der Waals surface area contributed by atoms with Crippen LogP contribution in [0.3, 0.4) is 0 Å². The first-order valence-corrected chi connectivity index (χ1v) is 8.13. The molecule has 0 amide bonds. The quantitative estimate of drug-likeness (QED) is 0.895. The normalized spacial score (nSPS) is 21.0. The molecule has 0 spiro atoms. The average molecular weight is 275 g/mol. The van der Waals surface area contributed by atoms with Crippen molar-refractivity contribution in [1.82, 2.24) is 4.98 Å². The van der Waals surface area contributed by atoms with Crippen molar-refractivity contribution in [3.63, 3.8) is 0 Å². The van der Waals surface area contributed by atoms with Gasteiger partial charge < -0.3 is 10.6 Å². The lowest BCUT2D eigenvalue weighted by Crippen LogP contribution is -2.40. The summed E-state index contributed by atoms with van der Waals surface area (Å²) >= 11 is 0. The van der Waals surface area contributed by atoms with E-state index in [1.165, 1.54) is 42.6 Å². The highest BCUT2D eigenvalue weighted by molar-refractivity contribution is 5.48. The van der Waals surface area contributed by atoms with Gasteiger partial charge in [-0.2, -0.15) is 0 Å². The molecule has 0 aliphatic carbocycles. The van der Waals surface area contributed by atoms with Crippen LogP contribution in [0.4, 0.5) is 5.82 Å². The third-order valence-corrected chi connectivity index (χ3v) is 4.50. The maximum absolute atomic E-state index is 6.04. The predicted molar refractivity (Wildman–Crippen MR) is 86.2 cm³/mol. The Hall–Kier alpha value is -1.09. The van der Waals surface area contributed by atoms with E-state index in [1.54, 1.807) is 0 Å². The van der Waals surface area contributed by atoms with Crippen LogP contribution in [0.15, 0.2) is 12.3 Å². The van der Waals surface area contributed by atoms with E-state index in [0.717, 1.165) is 19.4 Å². The summed E-state index contributed by atoms with van der Waals surface area (Å²) in [6, 6.07) is 3.19. The Morgan fingerprint density at radius 1 is 1.40 bits per heavy atom. The number of nitrogens with two attached hydrogens (primary N) is 1. The van der Waals surface area contributed by atoms with Gasteiger partial charge in [0.05, 0.1) is 0 Å². The Morgan fingerprint density at radius 3 is 2.85 bits per heavy atom. The summed E-state index contributed by atoms with van der Waals surface area (Å²) in [5.74, 6) is 1.19. The summed E-state index contributed by atoms with van der Waals surface area (Å²) < 4.78 is 0. The summed E-state index contributed by atoms with van der Waals surface area (Å²) in [6.07, 6.45) is 9.15. The zero-order valence-corrected chi connectivity index (χ0v) is 13.2. The molecule has 2 atom stereocenters. The van der Waals surface area contributed by atoms with Crippen molar-refractivity contribution in [1.29, 1.82) is 0 Å². The van der Waals surface area contributed by atoms with Crippen LogP contribution in [0, 0.1) is 6.92 Å². The monoisotopic (exact) mass is 275 g/mol. The molecule has 1 aliphatic heterocycles. The topological polar surface area (TPSA) is 42.1 Å². The molecule has 1 aromatic rings.